The van der Waals surface area contributed by atoms with E-state index in [4.69, 9.17) is 9.47 Å². The highest BCUT2D eigenvalue weighted by molar-refractivity contribution is 5.82. The molecule has 1 amide bonds. The molecule has 5 nitrogen and oxygen atoms in total. The molecule has 0 bridgehead atoms. The van der Waals surface area contributed by atoms with E-state index in [1.165, 1.54) is 0 Å². The number of benzene rings is 2. The molecule has 1 unspecified atom stereocenters. The van der Waals surface area contributed by atoms with Crippen molar-refractivity contribution in [3.8, 4) is 0 Å². The minimum absolute atomic E-state index is 0.114. The molecule has 174 valence electrons. The van der Waals surface area contributed by atoms with E-state index in [2.05, 4.69) is 5.32 Å². The lowest BCUT2D eigenvalue weighted by Crippen LogP contribution is -2.45. The fourth-order valence-corrected chi connectivity index (χ4v) is 2.72. The maximum Gasteiger partial charge on any atom is 0.422 e. The first-order valence-electron chi connectivity index (χ1n) is 9.51. The van der Waals surface area contributed by atoms with Gasteiger partial charge in [0.2, 0.25) is 0 Å². The maximum atomic E-state index is 13.9. The van der Waals surface area contributed by atoms with Gasteiger partial charge in [0.1, 0.15) is 35.4 Å². The van der Waals surface area contributed by atoms with Crippen LogP contribution in [0.15, 0.2) is 42.5 Å². The van der Waals surface area contributed by atoms with Gasteiger partial charge < -0.3 is 14.8 Å². The minimum atomic E-state index is -5.23. The number of carbonyl (C=O) groups excluding carboxylic acids is 2. The molecule has 2 aromatic carbocycles. The Morgan fingerprint density at radius 3 is 2.03 bits per heavy atom. The minimum Gasteiger partial charge on any atom is -0.458 e. The van der Waals surface area contributed by atoms with E-state index in [-0.39, 0.29) is 12.2 Å². The molecule has 0 spiro atoms. The highest BCUT2D eigenvalue weighted by Gasteiger charge is 2.38. The van der Waals surface area contributed by atoms with Crippen LogP contribution < -0.4 is 5.32 Å². The topological polar surface area (TPSA) is 64.6 Å². The van der Waals surface area contributed by atoms with E-state index in [1.54, 1.807) is 51.1 Å². The molecule has 0 aliphatic carbocycles. The molecule has 32 heavy (non-hydrogen) atoms. The number of hydrogen-bond acceptors (Lipinski definition) is 4. The van der Waals surface area contributed by atoms with Gasteiger partial charge in [0.05, 0.1) is 0 Å². The third-order valence-electron chi connectivity index (χ3n) is 4.02. The van der Waals surface area contributed by atoms with Gasteiger partial charge in [-0.2, -0.15) is 13.2 Å². The summed E-state index contributed by atoms with van der Waals surface area (Å²) >= 11 is 0. The summed E-state index contributed by atoms with van der Waals surface area (Å²) in [7, 11) is 0. The molecule has 2 aromatic rings. The van der Waals surface area contributed by atoms with Crippen LogP contribution in [0.5, 0.6) is 0 Å². The van der Waals surface area contributed by atoms with E-state index in [0.717, 1.165) is 0 Å². The zero-order valence-corrected chi connectivity index (χ0v) is 17.6. The van der Waals surface area contributed by atoms with Gasteiger partial charge in [-0.05, 0) is 44.0 Å². The van der Waals surface area contributed by atoms with Crippen LogP contribution in [-0.2, 0) is 33.5 Å². The van der Waals surface area contributed by atoms with Crippen molar-refractivity contribution < 1.29 is 41.0 Å². The Hall–Kier alpha value is -3.17. The largest absolute Gasteiger partial charge is 0.458 e. The second-order valence-corrected chi connectivity index (χ2v) is 7.93. The number of halogens is 5. The first-order valence-corrected chi connectivity index (χ1v) is 9.51. The standard InChI is InChI=1S/C22H22F5NO4/c1-21(2,3)32-19(29)17(28-20(30)31-12-13-7-5-4-6-8-13)11-14-9-15(23)18(16(24)10-14)22(25,26)27/h4-10,17H,11-12H2,1-3H3,(H,28,30). The van der Waals surface area contributed by atoms with Gasteiger partial charge in [-0.15, -0.1) is 0 Å². The summed E-state index contributed by atoms with van der Waals surface area (Å²) in [4.78, 5) is 24.7. The SMILES string of the molecule is CC(C)(C)OC(=O)C(Cc1cc(F)c(C(F)(F)F)c(F)c1)NC(=O)OCc1ccccc1. The second-order valence-electron chi connectivity index (χ2n) is 7.93. The summed E-state index contributed by atoms with van der Waals surface area (Å²) in [6, 6.07) is 8.08. The summed E-state index contributed by atoms with van der Waals surface area (Å²) in [5.74, 6) is -4.61. The van der Waals surface area contributed by atoms with E-state index >= 15 is 0 Å². The Balaban J connectivity index is 2.20. The van der Waals surface area contributed by atoms with Crippen LogP contribution in [0.4, 0.5) is 26.7 Å². The maximum absolute atomic E-state index is 13.9. The van der Waals surface area contributed by atoms with Crippen LogP contribution in [0.1, 0.15) is 37.5 Å². The lowest BCUT2D eigenvalue weighted by atomic mass is 10.0. The Bertz CT molecular complexity index is 932. The van der Waals surface area contributed by atoms with Crippen molar-refractivity contribution in [2.24, 2.45) is 0 Å². The van der Waals surface area contributed by atoms with E-state index in [1.807, 2.05) is 0 Å². The van der Waals surface area contributed by atoms with Crippen LogP contribution >= 0.6 is 0 Å². The van der Waals surface area contributed by atoms with Crippen LogP contribution in [0.25, 0.3) is 0 Å². The third kappa shape index (κ3) is 7.51. The lowest BCUT2D eigenvalue weighted by molar-refractivity contribution is -0.157. The summed E-state index contributed by atoms with van der Waals surface area (Å²) in [5.41, 5.74) is -2.61. The Morgan fingerprint density at radius 1 is 0.969 bits per heavy atom. The molecule has 0 heterocycles. The second kappa shape index (κ2) is 9.97. The Labute approximate surface area is 181 Å². The lowest BCUT2D eigenvalue weighted by Gasteiger charge is -2.24. The number of amides is 1. The number of nitrogens with one attached hydrogen (secondary N) is 1. The Morgan fingerprint density at radius 2 is 1.53 bits per heavy atom. The molecular weight excluding hydrogens is 437 g/mol. The number of hydrogen-bond donors (Lipinski definition) is 1. The van der Waals surface area contributed by atoms with Gasteiger partial charge in [0, 0.05) is 6.42 Å². The smallest absolute Gasteiger partial charge is 0.422 e. The van der Waals surface area contributed by atoms with E-state index in [9.17, 15) is 31.5 Å². The van der Waals surface area contributed by atoms with Crippen molar-refractivity contribution >= 4 is 12.1 Å². The molecule has 0 saturated carbocycles. The molecule has 0 saturated heterocycles. The monoisotopic (exact) mass is 459 g/mol. The van der Waals surface area contributed by atoms with Crippen molar-refractivity contribution in [3.05, 3.63) is 70.8 Å². The third-order valence-corrected chi connectivity index (χ3v) is 4.02. The average Bonchev–Trinajstić information content (AvgIpc) is 2.63. The first kappa shape index (κ1) is 25.1. The fourth-order valence-electron chi connectivity index (χ4n) is 2.72. The Kier molecular flexibility index (Phi) is 7.82. The fraction of sp³-hybridized carbons (Fsp3) is 0.364. The zero-order chi connectivity index (χ0) is 24.1. The molecule has 0 radical (unpaired) electrons. The van der Waals surface area contributed by atoms with Crippen LogP contribution in [0, 0.1) is 11.6 Å². The van der Waals surface area contributed by atoms with Crippen molar-refractivity contribution in [2.75, 3.05) is 0 Å². The molecule has 1 atom stereocenters. The average molecular weight is 459 g/mol. The normalized spacial score (nSPS) is 12.8. The van der Waals surface area contributed by atoms with E-state index < -0.39 is 53.5 Å². The summed E-state index contributed by atoms with van der Waals surface area (Å²) in [6.45, 7) is 4.57. The van der Waals surface area contributed by atoms with E-state index in [0.29, 0.717) is 17.7 Å². The van der Waals surface area contributed by atoms with Gasteiger partial charge in [-0.3, -0.25) is 0 Å². The van der Waals surface area contributed by atoms with Gasteiger partial charge in [-0.25, -0.2) is 18.4 Å². The number of rotatable bonds is 6. The molecule has 1 N–H and O–H groups in total. The number of carbonyl (C=O) groups is 2. The van der Waals surface area contributed by atoms with Crippen LogP contribution in [0.3, 0.4) is 0 Å². The van der Waals surface area contributed by atoms with Crippen molar-refractivity contribution in [2.45, 2.75) is 51.6 Å². The molecule has 0 fully saturated rings. The predicted octanol–water partition coefficient (Wildman–Crippen LogP) is 5.16. The van der Waals surface area contributed by atoms with Gasteiger partial charge >= 0.3 is 18.2 Å². The summed E-state index contributed by atoms with van der Waals surface area (Å²) < 4.78 is 76.4. The zero-order valence-electron chi connectivity index (χ0n) is 17.6. The van der Waals surface area contributed by atoms with Crippen molar-refractivity contribution in [1.82, 2.24) is 5.32 Å². The van der Waals surface area contributed by atoms with Gasteiger partial charge in [0.25, 0.3) is 0 Å². The molecule has 0 aliphatic heterocycles. The molecule has 0 aromatic heterocycles. The summed E-state index contributed by atoms with van der Waals surface area (Å²) in [6.07, 6.45) is -6.77. The van der Waals surface area contributed by atoms with Crippen LogP contribution in [0.2, 0.25) is 0 Å². The van der Waals surface area contributed by atoms with Gasteiger partial charge in [0.15, 0.2) is 0 Å². The highest BCUT2D eigenvalue weighted by atomic mass is 19.4. The molecule has 0 aliphatic rings. The van der Waals surface area contributed by atoms with Crippen molar-refractivity contribution in [3.63, 3.8) is 0 Å². The predicted molar refractivity (Wildman–Crippen MR) is 104 cm³/mol. The number of alkyl halides is 3. The van der Waals surface area contributed by atoms with Crippen LogP contribution in [-0.4, -0.2) is 23.7 Å². The van der Waals surface area contributed by atoms with Crippen molar-refractivity contribution in [1.29, 1.82) is 0 Å². The molecule has 10 heteroatoms. The first-order chi connectivity index (χ1) is 14.8. The molecule has 2 rings (SSSR count). The summed E-state index contributed by atoms with van der Waals surface area (Å²) in [5, 5.41) is 2.24. The molecular formula is C22H22F5NO4. The number of esters is 1. The van der Waals surface area contributed by atoms with Gasteiger partial charge in [-0.1, -0.05) is 30.3 Å². The number of alkyl carbamates (subject to hydrolysis) is 1. The number of ether oxygens (including phenoxy) is 2. The highest BCUT2D eigenvalue weighted by Crippen LogP contribution is 2.34. The quantitative estimate of drug-likeness (QED) is 0.479.